The molecule has 0 aromatic heterocycles. The normalized spacial score (nSPS) is 12.4. The summed E-state index contributed by atoms with van der Waals surface area (Å²) < 4.78 is 5.63. The fourth-order valence-corrected chi connectivity index (χ4v) is 2.22. The largest absolute Gasteiger partial charge is 0.494 e. The van der Waals surface area contributed by atoms with E-state index >= 15 is 0 Å². The van der Waals surface area contributed by atoms with E-state index in [0.29, 0.717) is 6.04 Å². The Balaban J connectivity index is 2.04. The van der Waals surface area contributed by atoms with Crippen LogP contribution in [0.4, 0.5) is 0 Å². The predicted octanol–water partition coefficient (Wildman–Crippen LogP) is 3.61. The monoisotopic (exact) mass is 299 g/mol. The molecule has 0 saturated heterocycles. The molecule has 1 rings (SSSR count). The van der Waals surface area contributed by atoms with Crippen LogP contribution >= 0.6 is 15.9 Å². The van der Waals surface area contributed by atoms with E-state index in [9.17, 15) is 0 Å². The third-order valence-corrected chi connectivity index (χ3v) is 3.17. The van der Waals surface area contributed by atoms with Crippen molar-refractivity contribution in [3.05, 3.63) is 30.3 Å². The molecule has 1 atom stereocenters. The number of benzene rings is 1. The fraction of sp³-hybridized carbons (Fsp3) is 0.571. The number of hydrogen-bond donors (Lipinski definition) is 1. The zero-order valence-electron chi connectivity index (χ0n) is 10.5. The summed E-state index contributed by atoms with van der Waals surface area (Å²) in [6.07, 6.45) is 3.43. The first-order valence-corrected chi connectivity index (χ1v) is 7.46. The minimum absolute atomic E-state index is 0.631. The van der Waals surface area contributed by atoms with Crippen LogP contribution in [0.2, 0.25) is 0 Å². The lowest BCUT2D eigenvalue weighted by Gasteiger charge is -2.15. The maximum absolute atomic E-state index is 5.63. The van der Waals surface area contributed by atoms with Crippen LogP contribution in [-0.4, -0.2) is 24.5 Å². The summed E-state index contributed by atoms with van der Waals surface area (Å²) in [6.45, 7) is 4.03. The van der Waals surface area contributed by atoms with Gasteiger partial charge in [-0.15, -0.1) is 0 Å². The molecule has 0 radical (unpaired) electrons. The Kier molecular flexibility index (Phi) is 8.10. The lowest BCUT2D eigenvalue weighted by atomic mass is 10.2. The molecule has 0 heterocycles. The highest BCUT2D eigenvalue weighted by molar-refractivity contribution is 9.09. The topological polar surface area (TPSA) is 21.3 Å². The van der Waals surface area contributed by atoms with Crippen LogP contribution in [0.5, 0.6) is 5.75 Å². The zero-order chi connectivity index (χ0) is 12.3. The van der Waals surface area contributed by atoms with Crippen molar-refractivity contribution >= 4 is 15.9 Å². The van der Waals surface area contributed by atoms with Gasteiger partial charge in [-0.25, -0.2) is 0 Å². The standard InChI is InChI=1S/C14H22BrNO/c1-2-13(9-10-15)16-11-6-12-17-14-7-4-3-5-8-14/h3-5,7-8,13,16H,2,6,9-12H2,1H3. The van der Waals surface area contributed by atoms with Gasteiger partial charge in [0.15, 0.2) is 0 Å². The van der Waals surface area contributed by atoms with E-state index in [1.807, 2.05) is 30.3 Å². The van der Waals surface area contributed by atoms with Gasteiger partial charge in [-0.3, -0.25) is 0 Å². The van der Waals surface area contributed by atoms with E-state index in [1.54, 1.807) is 0 Å². The number of halogens is 1. The summed E-state index contributed by atoms with van der Waals surface area (Å²) in [5.41, 5.74) is 0. The second-order valence-corrected chi connectivity index (χ2v) is 4.85. The molecule has 3 heteroatoms. The van der Waals surface area contributed by atoms with Crippen LogP contribution in [0.1, 0.15) is 26.2 Å². The molecule has 0 bridgehead atoms. The van der Waals surface area contributed by atoms with Crippen LogP contribution in [0.15, 0.2) is 30.3 Å². The van der Waals surface area contributed by atoms with E-state index in [1.165, 1.54) is 12.8 Å². The number of ether oxygens (including phenoxy) is 1. The van der Waals surface area contributed by atoms with Crippen molar-refractivity contribution < 1.29 is 4.74 Å². The third-order valence-electron chi connectivity index (χ3n) is 2.72. The zero-order valence-corrected chi connectivity index (χ0v) is 12.1. The van der Waals surface area contributed by atoms with Gasteiger partial charge in [-0.05, 0) is 37.9 Å². The summed E-state index contributed by atoms with van der Waals surface area (Å²) in [5.74, 6) is 0.958. The van der Waals surface area contributed by atoms with Gasteiger partial charge in [0, 0.05) is 11.4 Å². The van der Waals surface area contributed by atoms with E-state index in [4.69, 9.17) is 4.74 Å². The molecule has 1 unspecified atom stereocenters. The smallest absolute Gasteiger partial charge is 0.119 e. The molecule has 0 fully saturated rings. The second-order valence-electron chi connectivity index (χ2n) is 4.05. The number of rotatable bonds is 9. The number of para-hydroxylation sites is 1. The molecule has 0 amide bonds. The Morgan fingerprint density at radius 3 is 2.71 bits per heavy atom. The molecule has 0 aliphatic rings. The van der Waals surface area contributed by atoms with Crippen LogP contribution < -0.4 is 10.1 Å². The highest BCUT2D eigenvalue weighted by atomic mass is 79.9. The average molecular weight is 300 g/mol. The Morgan fingerprint density at radius 2 is 2.06 bits per heavy atom. The van der Waals surface area contributed by atoms with Gasteiger partial charge >= 0.3 is 0 Å². The van der Waals surface area contributed by atoms with Gasteiger partial charge in [0.1, 0.15) is 5.75 Å². The molecule has 0 saturated carbocycles. The van der Waals surface area contributed by atoms with E-state index in [-0.39, 0.29) is 0 Å². The summed E-state index contributed by atoms with van der Waals surface area (Å²) in [6, 6.07) is 10.6. The molecular formula is C14H22BrNO. The Morgan fingerprint density at radius 1 is 1.29 bits per heavy atom. The highest BCUT2D eigenvalue weighted by Crippen LogP contribution is 2.08. The van der Waals surface area contributed by atoms with Crippen molar-refractivity contribution in [1.82, 2.24) is 5.32 Å². The Bertz CT molecular complexity index is 279. The van der Waals surface area contributed by atoms with Crippen LogP contribution in [0.3, 0.4) is 0 Å². The van der Waals surface area contributed by atoms with Gasteiger partial charge in [0.2, 0.25) is 0 Å². The van der Waals surface area contributed by atoms with E-state index in [2.05, 4.69) is 28.2 Å². The lowest BCUT2D eigenvalue weighted by molar-refractivity contribution is 0.303. The molecule has 2 nitrogen and oxygen atoms in total. The maximum Gasteiger partial charge on any atom is 0.119 e. The first-order valence-electron chi connectivity index (χ1n) is 6.34. The number of alkyl halides is 1. The summed E-state index contributed by atoms with van der Waals surface area (Å²) in [7, 11) is 0. The molecule has 17 heavy (non-hydrogen) atoms. The van der Waals surface area contributed by atoms with Crippen molar-refractivity contribution in [3.8, 4) is 5.75 Å². The third kappa shape index (κ3) is 6.69. The SMILES string of the molecule is CCC(CCBr)NCCCOc1ccccc1. The van der Waals surface area contributed by atoms with Crippen molar-refractivity contribution in [3.63, 3.8) is 0 Å². The predicted molar refractivity (Wildman–Crippen MR) is 77.0 cm³/mol. The highest BCUT2D eigenvalue weighted by Gasteiger charge is 2.03. The van der Waals surface area contributed by atoms with Crippen LogP contribution in [0, 0.1) is 0 Å². The average Bonchev–Trinajstić information content (AvgIpc) is 2.38. The van der Waals surface area contributed by atoms with Gasteiger partial charge in [0.05, 0.1) is 6.61 Å². The minimum atomic E-state index is 0.631. The first kappa shape index (κ1) is 14.5. The quantitative estimate of drug-likeness (QED) is 0.555. The van der Waals surface area contributed by atoms with Crippen molar-refractivity contribution in [2.45, 2.75) is 32.2 Å². The summed E-state index contributed by atoms with van der Waals surface area (Å²) >= 11 is 3.48. The molecular weight excluding hydrogens is 278 g/mol. The van der Waals surface area contributed by atoms with Gasteiger partial charge in [0.25, 0.3) is 0 Å². The lowest BCUT2D eigenvalue weighted by Crippen LogP contribution is -2.30. The molecule has 96 valence electrons. The van der Waals surface area contributed by atoms with Crippen LogP contribution in [-0.2, 0) is 0 Å². The summed E-state index contributed by atoms with van der Waals surface area (Å²) in [4.78, 5) is 0. The molecule has 1 aromatic carbocycles. The van der Waals surface area contributed by atoms with Gasteiger partial charge < -0.3 is 10.1 Å². The van der Waals surface area contributed by atoms with Crippen molar-refractivity contribution in [2.75, 3.05) is 18.5 Å². The molecule has 0 spiro atoms. The fourth-order valence-electron chi connectivity index (χ4n) is 1.67. The van der Waals surface area contributed by atoms with Crippen molar-refractivity contribution in [2.24, 2.45) is 0 Å². The molecule has 0 aliphatic heterocycles. The van der Waals surface area contributed by atoms with E-state index in [0.717, 1.165) is 30.7 Å². The minimum Gasteiger partial charge on any atom is -0.494 e. The molecule has 0 aliphatic carbocycles. The summed E-state index contributed by atoms with van der Waals surface area (Å²) in [5, 5.41) is 4.62. The Labute approximate surface area is 113 Å². The second kappa shape index (κ2) is 9.49. The van der Waals surface area contributed by atoms with Crippen molar-refractivity contribution in [1.29, 1.82) is 0 Å². The van der Waals surface area contributed by atoms with Crippen LogP contribution in [0.25, 0.3) is 0 Å². The number of hydrogen-bond acceptors (Lipinski definition) is 2. The molecule has 1 N–H and O–H groups in total. The molecule has 1 aromatic rings. The number of nitrogens with one attached hydrogen (secondary N) is 1. The maximum atomic E-state index is 5.63. The first-order chi connectivity index (χ1) is 8.36. The Hall–Kier alpha value is -0.540. The van der Waals surface area contributed by atoms with E-state index < -0.39 is 0 Å². The van der Waals surface area contributed by atoms with Gasteiger partial charge in [-0.2, -0.15) is 0 Å². The van der Waals surface area contributed by atoms with Gasteiger partial charge in [-0.1, -0.05) is 41.1 Å².